The zero-order valence-corrected chi connectivity index (χ0v) is 10.2. The van der Waals surface area contributed by atoms with Crippen LogP contribution in [-0.4, -0.2) is 29.1 Å². The van der Waals surface area contributed by atoms with Crippen LogP contribution in [0, 0.1) is 11.3 Å². The summed E-state index contributed by atoms with van der Waals surface area (Å²) >= 11 is 0. The number of nitrogen functional groups attached to an aromatic ring is 1. The van der Waals surface area contributed by atoms with Crippen molar-refractivity contribution < 1.29 is 0 Å². The molecule has 1 unspecified atom stereocenters. The van der Waals surface area contributed by atoms with Gasteiger partial charge in [-0.2, -0.15) is 5.10 Å². The summed E-state index contributed by atoms with van der Waals surface area (Å²) in [5.41, 5.74) is 6.26. The van der Waals surface area contributed by atoms with Gasteiger partial charge < -0.3 is 10.6 Å². The van der Waals surface area contributed by atoms with E-state index in [9.17, 15) is 0 Å². The fraction of sp³-hybridized carbons (Fsp3) is 0.583. The van der Waals surface area contributed by atoms with E-state index < -0.39 is 0 Å². The summed E-state index contributed by atoms with van der Waals surface area (Å²) in [6.07, 6.45) is 5.26. The first-order valence-corrected chi connectivity index (χ1v) is 6.13. The van der Waals surface area contributed by atoms with E-state index in [1.165, 1.54) is 19.3 Å². The van der Waals surface area contributed by atoms with Crippen LogP contribution in [0.4, 0.5) is 5.82 Å². The molecule has 0 aromatic carbocycles. The van der Waals surface area contributed by atoms with Crippen molar-refractivity contribution in [2.24, 2.45) is 11.7 Å². The van der Waals surface area contributed by atoms with Gasteiger partial charge in [0.1, 0.15) is 5.84 Å². The Morgan fingerprint density at radius 2 is 2.47 bits per heavy atom. The van der Waals surface area contributed by atoms with Gasteiger partial charge in [-0.25, -0.2) is 0 Å². The summed E-state index contributed by atoms with van der Waals surface area (Å²) in [7, 11) is 0. The normalized spacial score (nSPS) is 19.6. The minimum absolute atomic E-state index is 0.0637. The highest BCUT2D eigenvalue weighted by Crippen LogP contribution is 2.26. The van der Waals surface area contributed by atoms with Crippen LogP contribution in [0.2, 0.25) is 0 Å². The zero-order valence-electron chi connectivity index (χ0n) is 10.2. The van der Waals surface area contributed by atoms with E-state index in [4.69, 9.17) is 11.1 Å². The SMILES string of the molecule is CCCC1CCN(c2nnccc2C(=N)N)C1. The molecule has 5 nitrogen and oxygen atoms in total. The predicted octanol–water partition coefficient (Wildman–Crippen LogP) is 1.39. The van der Waals surface area contributed by atoms with Gasteiger partial charge in [0.25, 0.3) is 0 Å². The predicted molar refractivity (Wildman–Crippen MR) is 68.3 cm³/mol. The number of hydrogen-bond donors (Lipinski definition) is 2. The number of nitrogens with zero attached hydrogens (tertiary/aromatic N) is 3. The molecule has 1 saturated heterocycles. The Morgan fingerprint density at radius 1 is 1.65 bits per heavy atom. The molecule has 0 radical (unpaired) electrons. The topological polar surface area (TPSA) is 78.9 Å². The van der Waals surface area contributed by atoms with Gasteiger partial charge in [0.05, 0.1) is 11.8 Å². The Kier molecular flexibility index (Phi) is 3.56. The van der Waals surface area contributed by atoms with E-state index in [0.717, 1.165) is 24.8 Å². The second-order valence-corrected chi connectivity index (χ2v) is 4.57. The monoisotopic (exact) mass is 233 g/mol. The van der Waals surface area contributed by atoms with Gasteiger partial charge in [0, 0.05) is 13.1 Å². The van der Waals surface area contributed by atoms with Crippen LogP contribution in [0.15, 0.2) is 12.3 Å². The second-order valence-electron chi connectivity index (χ2n) is 4.57. The molecule has 5 heteroatoms. The van der Waals surface area contributed by atoms with Crippen molar-refractivity contribution in [2.45, 2.75) is 26.2 Å². The maximum absolute atomic E-state index is 7.55. The van der Waals surface area contributed by atoms with E-state index in [-0.39, 0.29) is 5.84 Å². The summed E-state index contributed by atoms with van der Waals surface area (Å²) in [6.45, 7) is 4.21. The third kappa shape index (κ3) is 2.54. The smallest absolute Gasteiger partial charge is 0.162 e. The molecule has 0 spiro atoms. The molecule has 2 rings (SSSR count). The van der Waals surface area contributed by atoms with E-state index >= 15 is 0 Å². The van der Waals surface area contributed by atoms with Gasteiger partial charge in [-0.05, 0) is 24.8 Å². The van der Waals surface area contributed by atoms with E-state index in [1.807, 2.05) is 0 Å². The molecule has 1 atom stereocenters. The van der Waals surface area contributed by atoms with Crippen molar-refractivity contribution in [3.63, 3.8) is 0 Å². The Bertz CT molecular complexity index is 404. The molecule has 0 aliphatic carbocycles. The first-order chi connectivity index (χ1) is 8.22. The first kappa shape index (κ1) is 11.8. The van der Waals surface area contributed by atoms with Crippen molar-refractivity contribution in [3.05, 3.63) is 17.8 Å². The van der Waals surface area contributed by atoms with Gasteiger partial charge in [-0.1, -0.05) is 13.3 Å². The molecule has 1 fully saturated rings. The fourth-order valence-electron chi connectivity index (χ4n) is 2.44. The van der Waals surface area contributed by atoms with Crippen LogP contribution in [0.25, 0.3) is 0 Å². The quantitative estimate of drug-likeness (QED) is 0.608. The summed E-state index contributed by atoms with van der Waals surface area (Å²) in [4.78, 5) is 2.20. The molecule has 2 heterocycles. The lowest BCUT2D eigenvalue weighted by molar-refractivity contribution is 0.529. The maximum atomic E-state index is 7.55. The zero-order chi connectivity index (χ0) is 12.3. The van der Waals surface area contributed by atoms with Crippen molar-refractivity contribution in [2.75, 3.05) is 18.0 Å². The first-order valence-electron chi connectivity index (χ1n) is 6.13. The number of aromatic nitrogens is 2. The molecule has 1 aliphatic rings. The summed E-state index contributed by atoms with van der Waals surface area (Å²) in [5.74, 6) is 1.56. The van der Waals surface area contributed by atoms with E-state index in [2.05, 4.69) is 22.0 Å². The third-order valence-electron chi connectivity index (χ3n) is 3.27. The lowest BCUT2D eigenvalue weighted by atomic mass is 10.0. The van der Waals surface area contributed by atoms with Gasteiger partial charge in [0.15, 0.2) is 5.82 Å². The largest absolute Gasteiger partial charge is 0.384 e. The van der Waals surface area contributed by atoms with Crippen molar-refractivity contribution in [1.82, 2.24) is 10.2 Å². The number of nitrogens with one attached hydrogen (secondary N) is 1. The molecular formula is C12H19N5. The minimum Gasteiger partial charge on any atom is -0.384 e. The van der Waals surface area contributed by atoms with Crippen LogP contribution in [-0.2, 0) is 0 Å². The lowest BCUT2D eigenvalue weighted by Gasteiger charge is -2.19. The maximum Gasteiger partial charge on any atom is 0.162 e. The number of amidine groups is 1. The molecular weight excluding hydrogens is 214 g/mol. The lowest BCUT2D eigenvalue weighted by Crippen LogP contribution is -2.25. The Hall–Kier alpha value is -1.65. The van der Waals surface area contributed by atoms with E-state index in [0.29, 0.717) is 5.56 Å². The summed E-state index contributed by atoms with van der Waals surface area (Å²) in [6, 6.07) is 1.76. The summed E-state index contributed by atoms with van der Waals surface area (Å²) in [5, 5.41) is 15.6. The molecule has 0 bridgehead atoms. The molecule has 0 amide bonds. The van der Waals surface area contributed by atoms with Gasteiger partial charge >= 0.3 is 0 Å². The van der Waals surface area contributed by atoms with Crippen molar-refractivity contribution in [1.29, 1.82) is 5.41 Å². The molecule has 1 aromatic rings. The highest BCUT2D eigenvalue weighted by Gasteiger charge is 2.25. The Balaban J connectivity index is 2.16. The second kappa shape index (κ2) is 5.12. The van der Waals surface area contributed by atoms with Gasteiger partial charge in [-0.15, -0.1) is 5.10 Å². The van der Waals surface area contributed by atoms with Crippen molar-refractivity contribution in [3.8, 4) is 0 Å². The van der Waals surface area contributed by atoms with Crippen LogP contribution < -0.4 is 10.6 Å². The number of rotatable bonds is 4. The molecule has 1 aliphatic heterocycles. The van der Waals surface area contributed by atoms with Crippen LogP contribution in [0.5, 0.6) is 0 Å². The average molecular weight is 233 g/mol. The Morgan fingerprint density at radius 3 is 3.18 bits per heavy atom. The minimum atomic E-state index is 0.0637. The van der Waals surface area contributed by atoms with Crippen LogP contribution >= 0.6 is 0 Å². The van der Waals surface area contributed by atoms with Crippen LogP contribution in [0.3, 0.4) is 0 Å². The molecule has 3 N–H and O–H groups in total. The van der Waals surface area contributed by atoms with Crippen molar-refractivity contribution >= 4 is 11.7 Å². The molecule has 1 aromatic heterocycles. The Labute approximate surface area is 102 Å². The number of hydrogen-bond acceptors (Lipinski definition) is 4. The fourth-order valence-corrected chi connectivity index (χ4v) is 2.44. The highest BCUT2D eigenvalue weighted by atomic mass is 15.3. The number of nitrogens with two attached hydrogens (primary N) is 1. The molecule has 92 valence electrons. The standard InChI is InChI=1S/C12H19N5/c1-2-3-9-5-7-17(8-9)12-10(11(13)14)4-6-15-16-12/h4,6,9H,2-3,5,7-8H2,1H3,(H3,13,14). The highest BCUT2D eigenvalue weighted by molar-refractivity contribution is 5.99. The third-order valence-corrected chi connectivity index (χ3v) is 3.27. The molecule has 17 heavy (non-hydrogen) atoms. The number of anilines is 1. The average Bonchev–Trinajstić information content (AvgIpc) is 2.78. The van der Waals surface area contributed by atoms with Crippen LogP contribution in [0.1, 0.15) is 31.7 Å². The van der Waals surface area contributed by atoms with E-state index in [1.54, 1.807) is 12.3 Å². The molecule has 0 saturated carbocycles. The van der Waals surface area contributed by atoms with Gasteiger partial charge in [0.2, 0.25) is 0 Å². The summed E-state index contributed by atoms with van der Waals surface area (Å²) < 4.78 is 0. The van der Waals surface area contributed by atoms with Gasteiger partial charge in [-0.3, -0.25) is 5.41 Å².